The summed E-state index contributed by atoms with van der Waals surface area (Å²) in [5, 5.41) is 16.0. The van der Waals surface area contributed by atoms with Crippen molar-refractivity contribution in [3.8, 4) is 0 Å². The fourth-order valence-electron chi connectivity index (χ4n) is 1.89. The van der Waals surface area contributed by atoms with Crippen molar-refractivity contribution in [1.82, 2.24) is 10.6 Å². The Labute approximate surface area is 120 Å². The Bertz CT molecular complexity index is 500. The van der Waals surface area contributed by atoms with Gasteiger partial charge in [-0.15, -0.1) is 11.3 Å². The maximum absolute atomic E-state index is 11.6. The molecule has 0 aliphatic heterocycles. The fourth-order valence-corrected chi connectivity index (χ4v) is 2.53. The lowest BCUT2D eigenvalue weighted by Gasteiger charge is -2.05. The van der Waals surface area contributed by atoms with Crippen LogP contribution in [-0.4, -0.2) is 36.0 Å². The first-order chi connectivity index (χ1) is 9.59. The van der Waals surface area contributed by atoms with E-state index in [1.165, 1.54) is 11.3 Å². The van der Waals surface area contributed by atoms with Crippen molar-refractivity contribution < 1.29 is 19.5 Å². The Morgan fingerprint density at radius 3 is 2.60 bits per heavy atom. The van der Waals surface area contributed by atoms with Crippen LogP contribution in [0.15, 0.2) is 17.5 Å². The predicted octanol–water partition coefficient (Wildman–Crippen LogP) is 0.705. The van der Waals surface area contributed by atoms with E-state index in [9.17, 15) is 14.4 Å². The molecule has 1 aliphatic rings. The van der Waals surface area contributed by atoms with Crippen molar-refractivity contribution in [2.24, 2.45) is 11.8 Å². The molecule has 1 heterocycles. The largest absolute Gasteiger partial charge is 0.481 e. The van der Waals surface area contributed by atoms with E-state index in [0.29, 0.717) is 30.8 Å². The molecule has 1 aliphatic carbocycles. The Morgan fingerprint density at radius 1 is 1.25 bits per heavy atom. The molecule has 2 rings (SSSR count). The number of carbonyl (C=O) groups is 3. The third kappa shape index (κ3) is 3.80. The van der Waals surface area contributed by atoms with Crippen molar-refractivity contribution in [3.05, 3.63) is 22.4 Å². The Hall–Kier alpha value is -1.89. The highest BCUT2D eigenvalue weighted by Crippen LogP contribution is 2.38. The number of carbonyl (C=O) groups excluding carboxylic acids is 2. The average molecular weight is 296 g/mol. The number of nitrogens with one attached hydrogen (secondary N) is 2. The summed E-state index contributed by atoms with van der Waals surface area (Å²) in [6.07, 6.45) is 1.05. The molecule has 1 saturated carbocycles. The van der Waals surface area contributed by atoms with Crippen LogP contribution < -0.4 is 10.6 Å². The summed E-state index contributed by atoms with van der Waals surface area (Å²) in [6, 6.07) is 3.56. The van der Waals surface area contributed by atoms with Crippen LogP contribution in [0.5, 0.6) is 0 Å². The highest BCUT2D eigenvalue weighted by atomic mass is 32.1. The van der Waals surface area contributed by atoms with E-state index in [1.54, 1.807) is 6.07 Å². The van der Waals surface area contributed by atoms with Crippen molar-refractivity contribution in [1.29, 1.82) is 0 Å². The third-order valence-electron chi connectivity index (χ3n) is 3.13. The van der Waals surface area contributed by atoms with Crippen molar-refractivity contribution >= 4 is 29.1 Å². The lowest BCUT2D eigenvalue weighted by atomic mass is 10.3. The molecule has 2 amide bonds. The molecule has 108 valence electrons. The Balaban J connectivity index is 1.55. The zero-order valence-corrected chi connectivity index (χ0v) is 11.6. The molecule has 2 unspecified atom stereocenters. The monoisotopic (exact) mass is 296 g/mol. The van der Waals surface area contributed by atoms with Crippen LogP contribution in [0.3, 0.4) is 0 Å². The Kier molecular flexibility index (Phi) is 4.73. The molecule has 0 saturated heterocycles. The molecule has 0 spiro atoms. The van der Waals surface area contributed by atoms with Gasteiger partial charge < -0.3 is 15.7 Å². The summed E-state index contributed by atoms with van der Waals surface area (Å²) in [7, 11) is 0. The molecule has 2 atom stereocenters. The molecule has 1 fully saturated rings. The normalized spacial score (nSPS) is 20.2. The SMILES string of the molecule is O=C(NCCCNC(=O)C1CC1C(=O)O)c1cccs1. The van der Waals surface area contributed by atoms with E-state index in [4.69, 9.17) is 5.11 Å². The number of aliphatic carboxylic acids is 1. The number of amides is 2. The van der Waals surface area contributed by atoms with Gasteiger partial charge in [0.25, 0.3) is 5.91 Å². The van der Waals surface area contributed by atoms with E-state index >= 15 is 0 Å². The lowest BCUT2D eigenvalue weighted by molar-refractivity contribution is -0.140. The first-order valence-corrected chi connectivity index (χ1v) is 7.30. The first-order valence-electron chi connectivity index (χ1n) is 6.42. The van der Waals surface area contributed by atoms with E-state index < -0.39 is 11.9 Å². The molecule has 0 aromatic carbocycles. The van der Waals surface area contributed by atoms with Crippen LogP contribution in [0, 0.1) is 11.8 Å². The maximum Gasteiger partial charge on any atom is 0.307 e. The standard InChI is InChI=1S/C13H16N2O4S/c16-11(8-7-9(8)13(18)19)14-4-2-5-15-12(17)10-3-1-6-20-10/h1,3,6,8-9H,2,4-5,7H2,(H,14,16)(H,15,17)(H,18,19). The second-order valence-electron chi connectivity index (χ2n) is 4.66. The number of rotatable bonds is 7. The van der Waals surface area contributed by atoms with E-state index in [-0.39, 0.29) is 17.7 Å². The molecule has 1 aromatic rings. The van der Waals surface area contributed by atoms with Crippen LogP contribution in [0.1, 0.15) is 22.5 Å². The van der Waals surface area contributed by atoms with E-state index in [1.807, 2.05) is 11.4 Å². The maximum atomic E-state index is 11.6. The van der Waals surface area contributed by atoms with Gasteiger partial charge >= 0.3 is 5.97 Å². The molecule has 1 aromatic heterocycles. The van der Waals surface area contributed by atoms with Crippen molar-refractivity contribution in [2.75, 3.05) is 13.1 Å². The molecule has 0 bridgehead atoms. The summed E-state index contributed by atoms with van der Waals surface area (Å²) in [4.78, 5) is 34.4. The summed E-state index contributed by atoms with van der Waals surface area (Å²) < 4.78 is 0. The van der Waals surface area contributed by atoms with Crippen molar-refractivity contribution in [3.63, 3.8) is 0 Å². The van der Waals surface area contributed by atoms with Gasteiger partial charge in [-0.2, -0.15) is 0 Å². The second-order valence-corrected chi connectivity index (χ2v) is 5.61. The smallest absolute Gasteiger partial charge is 0.307 e. The summed E-state index contributed by atoms with van der Waals surface area (Å²) in [6.45, 7) is 0.913. The van der Waals surface area contributed by atoms with Gasteiger partial charge in [0.1, 0.15) is 0 Å². The minimum absolute atomic E-state index is 0.112. The van der Waals surface area contributed by atoms with Gasteiger partial charge in [0.2, 0.25) is 5.91 Å². The van der Waals surface area contributed by atoms with Crippen LogP contribution >= 0.6 is 11.3 Å². The van der Waals surface area contributed by atoms with E-state index in [2.05, 4.69) is 10.6 Å². The first kappa shape index (κ1) is 14.5. The summed E-state index contributed by atoms with van der Waals surface area (Å²) in [5.41, 5.74) is 0. The zero-order chi connectivity index (χ0) is 14.5. The van der Waals surface area contributed by atoms with Gasteiger partial charge in [-0.3, -0.25) is 14.4 Å². The molecule has 0 radical (unpaired) electrons. The van der Waals surface area contributed by atoms with Crippen molar-refractivity contribution in [2.45, 2.75) is 12.8 Å². The molecular formula is C13H16N2O4S. The molecule has 7 heteroatoms. The lowest BCUT2D eigenvalue weighted by Crippen LogP contribution is -2.31. The molecule has 3 N–H and O–H groups in total. The molecular weight excluding hydrogens is 280 g/mol. The number of hydrogen-bond donors (Lipinski definition) is 3. The molecule has 6 nitrogen and oxygen atoms in total. The number of carboxylic acid groups (broad SMARTS) is 1. The highest BCUT2D eigenvalue weighted by molar-refractivity contribution is 7.12. The second kappa shape index (κ2) is 6.51. The number of hydrogen-bond acceptors (Lipinski definition) is 4. The number of carboxylic acids is 1. The van der Waals surface area contributed by atoms with Gasteiger partial charge in [0, 0.05) is 13.1 Å². The zero-order valence-electron chi connectivity index (χ0n) is 10.8. The summed E-state index contributed by atoms with van der Waals surface area (Å²) >= 11 is 1.38. The van der Waals surface area contributed by atoms with E-state index in [0.717, 1.165) is 0 Å². The van der Waals surface area contributed by atoms with Crippen LogP contribution in [0.2, 0.25) is 0 Å². The molecule has 20 heavy (non-hydrogen) atoms. The quantitative estimate of drug-likeness (QED) is 0.646. The summed E-state index contributed by atoms with van der Waals surface area (Å²) in [5.74, 6) is -2.13. The third-order valence-corrected chi connectivity index (χ3v) is 4.00. The van der Waals surface area contributed by atoms with Gasteiger partial charge in [0.15, 0.2) is 0 Å². The minimum Gasteiger partial charge on any atom is -0.481 e. The van der Waals surface area contributed by atoms with Crippen LogP contribution in [0.25, 0.3) is 0 Å². The predicted molar refractivity (Wildman–Crippen MR) is 73.5 cm³/mol. The van der Waals surface area contributed by atoms with Crippen LogP contribution in [0.4, 0.5) is 0 Å². The Morgan fingerprint density at radius 2 is 2.00 bits per heavy atom. The number of thiophene rings is 1. The minimum atomic E-state index is -0.909. The average Bonchev–Trinajstić information content (AvgIpc) is 3.04. The van der Waals surface area contributed by atoms with Crippen LogP contribution in [-0.2, 0) is 9.59 Å². The van der Waals surface area contributed by atoms with Gasteiger partial charge in [0.05, 0.1) is 16.7 Å². The van der Waals surface area contributed by atoms with Gasteiger partial charge in [-0.25, -0.2) is 0 Å². The van der Waals surface area contributed by atoms with Gasteiger partial charge in [-0.1, -0.05) is 6.07 Å². The van der Waals surface area contributed by atoms with Gasteiger partial charge in [-0.05, 0) is 24.3 Å². The topological polar surface area (TPSA) is 95.5 Å². The fraction of sp³-hybridized carbons (Fsp3) is 0.462. The highest BCUT2D eigenvalue weighted by Gasteiger charge is 2.48.